The summed E-state index contributed by atoms with van der Waals surface area (Å²) in [5.74, 6) is -0.378. The lowest BCUT2D eigenvalue weighted by Gasteiger charge is -2.08. The van der Waals surface area contributed by atoms with Gasteiger partial charge in [-0.05, 0) is 12.1 Å². The zero-order valence-corrected chi connectivity index (χ0v) is 10.9. The average molecular weight is 274 g/mol. The third-order valence-corrected chi connectivity index (χ3v) is 2.69. The summed E-state index contributed by atoms with van der Waals surface area (Å²) in [6, 6.07) is 5.63. The molecule has 0 fully saturated rings. The van der Waals surface area contributed by atoms with E-state index in [0.29, 0.717) is 11.4 Å². The molecule has 7 nitrogen and oxygen atoms in total. The molecule has 0 unspecified atom stereocenters. The molecule has 0 saturated carbocycles. The van der Waals surface area contributed by atoms with Crippen molar-refractivity contribution in [3.63, 3.8) is 0 Å². The monoisotopic (exact) mass is 274 g/mol. The first-order valence-corrected chi connectivity index (χ1v) is 5.88. The molecule has 0 atom stereocenters. The lowest BCUT2D eigenvalue weighted by molar-refractivity contribution is -0.116. The van der Waals surface area contributed by atoms with Crippen LogP contribution in [0.25, 0.3) is 0 Å². The van der Waals surface area contributed by atoms with Gasteiger partial charge in [-0.1, -0.05) is 0 Å². The summed E-state index contributed by atoms with van der Waals surface area (Å²) < 4.78 is 2.56. The second-order valence-electron chi connectivity index (χ2n) is 4.34. The van der Waals surface area contributed by atoms with Crippen molar-refractivity contribution in [1.29, 1.82) is 0 Å². The zero-order chi connectivity index (χ0) is 14.7. The van der Waals surface area contributed by atoms with Crippen molar-refractivity contribution < 1.29 is 4.79 Å². The van der Waals surface area contributed by atoms with Crippen LogP contribution < -0.4 is 22.2 Å². The number of carbonyl (C=O) groups is 1. The Labute approximate surface area is 114 Å². The van der Waals surface area contributed by atoms with Gasteiger partial charge in [0.25, 0.3) is 5.56 Å². The molecule has 2 rings (SSSR count). The summed E-state index contributed by atoms with van der Waals surface area (Å²) in [7, 11) is 1.58. The SMILES string of the molecule is Cn1cc(NC(=O)Cn2cc(N)ccc2=O)ccc1=O. The molecular formula is C13H14N4O3. The number of carbonyl (C=O) groups excluding carboxylic acids is 1. The molecule has 20 heavy (non-hydrogen) atoms. The molecule has 0 aliphatic rings. The van der Waals surface area contributed by atoms with Crippen LogP contribution in [0, 0.1) is 0 Å². The van der Waals surface area contributed by atoms with Gasteiger partial charge in [0, 0.05) is 37.3 Å². The van der Waals surface area contributed by atoms with Crippen molar-refractivity contribution in [3.05, 3.63) is 57.4 Å². The largest absolute Gasteiger partial charge is 0.398 e. The number of aromatic nitrogens is 2. The number of nitrogens with one attached hydrogen (secondary N) is 1. The van der Waals surface area contributed by atoms with E-state index >= 15 is 0 Å². The number of nitrogens with zero attached hydrogens (tertiary/aromatic N) is 2. The van der Waals surface area contributed by atoms with Gasteiger partial charge in [-0.25, -0.2) is 0 Å². The lowest BCUT2D eigenvalue weighted by atomic mass is 10.4. The minimum atomic E-state index is -0.378. The molecule has 2 aromatic heterocycles. The Kier molecular flexibility index (Phi) is 3.69. The predicted molar refractivity (Wildman–Crippen MR) is 75.4 cm³/mol. The number of pyridine rings is 2. The summed E-state index contributed by atoms with van der Waals surface area (Å²) in [5.41, 5.74) is 5.96. The number of nitrogens with two attached hydrogens (primary N) is 1. The highest BCUT2D eigenvalue weighted by atomic mass is 16.2. The number of anilines is 2. The fraction of sp³-hybridized carbons (Fsp3) is 0.154. The van der Waals surface area contributed by atoms with E-state index in [4.69, 9.17) is 5.73 Å². The van der Waals surface area contributed by atoms with Gasteiger partial charge in [-0.15, -0.1) is 0 Å². The molecule has 0 radical (unpaired) electrons. The van der Waals surface area contributed by atoms with Crippen molar-refractivity contribution in [2.45, 2.75) is 6.54 Å². The molecule has 2 heterocycles. The molecule has 2 aromatic rings. The standard InChI is InChI=1S/C13H14N4O3/c1-16-7-10(3-5-12(16)19)15-11(18)8-17-6-9(14)2-4-13(17)20/h2-7H,8,14H2,1H3,(H,15,18). The summed E-state index contributed by atoms with van der Waals surface area (Å²) in [5, 5.41) is 2.61. The third kappa shape index (κ3) is 3.14. The normalized spacial score (nSPS) is 10.2. The van der Waals surface area contributed by atoms with Crippen LogP contribution >= 0.6 is 0 Å². The highest BCUT2D eigenvalue weighted by Crippen LogP contribution is 2.03. The first kappa shape index (κ1) is 13.6. The van der Waals surface area contributed by atoms with Crippen molar-refractivity contribution >= 4 is 17.3 Å². The molecule has 104 valence electrons. The van der Waals surface area contributed by atoms with E-state index in [1.807, 2.05) is 0 Å². The molecule has 0 aliphatic heterocycles. The van der Waals surface area contributed by atoms with Crippen molar-refractivity contribution in [1.82, 2.24) is 9.13 Å². The van der Waals surface area contributed by atoms with E-state index in [-0.39, 0.29) is 23.6 Å². The number of rotatable bonds is 3. The zero-order valence-electron chi connectivity index (χ0n) is 10.9. The number of nitrogen functional groups attached to an aromatic ring is 1. The smallest absolute Gasteiger partial charge is 0.251 e. The Morgan fingerprint density at radius 3 is 2.55 bits per heavy atom. The summed E-state index contributed by atoms with van der Waals surface area (Å²) >= 11 is 0. The second kappa shape index (κ2) is 5.43. The summed E-state index contributed by atoms with van der Waals surface area (Å²) in [6.45, 7) is -0.146. The Morgan fingerprint density at radius 1 is 1.15 bits per heavy atom. The lowest BCUT2D eigenvalue weighted by Crippen LogP contribution is -2.27. The fourth-order valence-electron chi connectivity index (χ4n) is 1.70. The maximum Gasteiger partial charge on any atom is 0.251 e. The minimum Gasteiger partial charge on any atom is -0.398 e. The maximum absolute atomic E-state index is 11.8. The van der Waals surface area contributed by atoms with E-state index < -0.39 is 0 Å². The van der Waals surface area contributed by atoms with Crippen LogP contribution in [-0.2, 0) is 18.4 Å². The predicted octanol–water partition coefficient (Wildman–Crippen LogP) is -0.232. The average Bonchev–Trinajstić information content (AvgIpc) is 2.38. The highest BCUT2D eigenvalue weighted by Gasteiger charge is 2.06. The van der Waals surface area contributed by atoms with Crippen molar-refractivity contribution in [2.24, 2.45) is 7.05 Å². The number of aryl methyl sites for hydroxylation is 1. The van der Waals surface area contributed by atoms with Gasteiger partial charge in [-0.3, -0.25) is 14.4 Å². The van der Waals surface area contributed by atoms with Gasteiger partial charge in [-0.2, -0.15) is 0 Å². The summed E-state index contributed by atoms with van der Waals surface area (Å²) in [6.07, 6.45) is 2.91. The minimum absolute atomic E-state index is 0.146. The van der Waals surface area contributed by atoms with E-state index in [0.717, 1.165) is 0 Å². The van der Waals surface area contributed by atoms with E-state index in [9.17, 15) is 14.4 Å². The molecule has 0 spiro atoms. The Morgan fingerprint density at radius 2 is 1.85 bits per heavy atom. The summed E-state index contributed by atoms with van der Waals surface area (Å²) in [4.78, 5) is 34.6. The van der Waals surface area contributed by atoms with Crippen LogP contribution in [-0.4, -0.2) is 15.0 Å². The van der Waals surface area contributed by atoms with Crippen LogP contribution in [0.1, 0.15) is 0 Å². The molecule has 0 saturated heterocycles. The molecule has 3 N–H and O–H groups in total. The van der Waals surface area contributed by atoms with Gasteiger partial charge in [0.15, 0.2) is 0 Å². The quantitative estimate of drug-likeness (QED) is 0.807. The highest BCUT2D eigenvalue weighted by molar-refractivity contribution is 5.90. The van der Waals surface area contributed by atoms with Gasteiger partial charge in [0.1, 0.15) is 6.54 Å². The van der Waals surface area contributed by atoms with E-state index in [1.165, 1.54) is 45.8 Å². The van der Waals surface area contributed by atoms with Gasteiger partial charge in [0.2, 0.25) is 11.5 Å². The first-order chi connectivity index (χ1) is 9.45. The van der Waals surface area contributed by atoms with Crippen LogP contribution in [0.3, 0.4) is 0 Å². The van der Waals surface area contributed by atoms with E-state index in [2.05, 4.69) is 5.32 Å². The number of hydrogen-bond donors (Lipinski definition) is 2. The van der Waals surface area contributed by atoms with E-state index in [1.54, 1.807) is 7.05 Å². The van der Waals surface area contributed by atoms with Gasteiger partial charge in [0.05, 0.1) is 5.69 Å². The molecule has 0 bridgehead atoms. The van der Waals surface area contributed by atoms with Crippen LogP contribution in [0.5, 0.6) is 0 Å². The van der Waals surface area contributed by atoms with Crippen molar-refractivity contribution in [3.8, 4) is 0 Å². The Balaban J connectivity index is 2.12. The molecule has 7 heteroatoms. The number of amides is 1. The van der Waals surface area contributed by atoms with Gasteiger partial charge >= 0.3 is 0 Å². The Hall–Kier alpha value is -2.83. The number of hydrogen-bond acceptors (Lipinski definition) is 4. The molecular weight excluding hydrogens is 260 g/mol. The fourth-order valence-corrected chi connectivity index (χ4v) is 1.70. The van der Waals surface area contributed by atoms with Crippen LogP contribution in [0.15, 0.2) is 46.2 Å². The maximum atomic E-state index is 11.8. The molecule has 0 aromatic carbocycles. The third-order valence-electron chi connectivity index (χ3n) is 2.69. The molecule has 1 amide bonds. The first-order valence-electron chi connectivity index (χ1n) is 5.88. The van der Waals surface area contributed by atoms with Crippen LogP contribution in [0.2, 0.25) is 0 Å². The topological polar surface area (TPSA) is 99.1 Å². The van der Waals surface area contributed by atoms with Crippen molar-refractivity contribution in [2.75, 3.05) is 11.1 Å². The van der Waals surface area contributed by atoms with Crippen LogP contribution in [0.4, 0.5) is 11.4 Å². The second-order valence-corrected chi connectivity index (χ2v) is 4.34. The Bertz CT molecular complexity index is 761. The molecule has 0 aliphatic carbocycles. The van der Waals surface area contributed by atoms with Gasteiger partial charge < -0.3 is 20.2 Å².